The molecule has 29 heavy (non-hydrogen) atoms. The monoisotopic (exact) mass is 458 g/mol. The summed E-state index contributed by atoms with van der Waals surface area (Å²) in [5.74, 6) is 0.258. The second-order valence-corrected chi connectivity index (χ2v) is 7.31. The van der Waals surface area contributed by atoms with Crippen LogP contribution in [0.1, 0.15) is 0 Å². The number of nitrogens with zero attached hydrogens (tertiary/aromatic N) is 4. The molecule has 1 unspecified atom stereocenters. The second-order valence-electron chi connectivity index (χ2n) is 6.39. The molecular formula is C20H16BrFN4O3. The Labute approximate surface area is 173 Å². The van der Waals surface area contributed by atoms with Gasteiger partial charge in [-0.05, 0) is 48.5 Å². The van der Waals surface area contributed by atoms with E-state index in [1.54, 1.807) is 24.3 Å². The number of benzene rings is 2. The van der Waals surface area contributed by atoms with Crippen LogP contribution < -0.4 is 10.3 Å². The first-order valence-electron chi connectivity index (χ1n) is 8.77. The summed E-state index contributed by atoms with van der Waals surface area (Å²) in [7, 11) is 0. The summed E-state index contributed by atoms with van der Waals surface area (Å²) in [5.41, 5.74) is 0.624. The van der Waals surface area contributed by atoms with Gasteiger partial charge in [0.15, 0.2) is 5.65 Å². The third kappa shape index (κ3) is 4.20. The Morgan fingerprint density at radius 1 is 1.14 bits per heavy atom. The molecule has 0 aliphatic carbocycles. The molecule has 0 fully saturated rings. The number of hydrogen-bond donors (Lipinski definition) is 1. The van der Waals surface area contributed by atoms with E-state index in [0.717, 1.165) is 4.47 Å². The first kappa shape index (κ1) is 19.3. The molecule has 9 heteroatoms. The molecule has 1 atom stereocenters. The quantitative estimate of drug-likeness (QED) is 0.480. The van der Waals surface area contributed by atoms with Crippen LogP contribution in [-0.4, -0.2) is 37.1 Å². The molecule has 1 N–H and O–H groups in total. The number of rotatable bonds is 6. The topological polar surface area (TPSA) is 82.2 Å². The molecular weight excluding hydrogens is 443 g/mol. The highest BCUT2D eigenvalue weighted by atomic mass is 79.9. The molecule has 7 nitrogen and oxygen atoms in total. The molecule has 0 spiro atoms. The average Bonchev–Trinajstić information content (AvgIpc) is 3.15. The van der Waals surface area contributed by atoms with E-state index >= 15 is 0 Å². The summed E-state index contributed by atoms with van der Waals surface area (Å²) in [6.07, 6.45) is 1.87. The van der Waals surface area contributed by atoms with Gasteiger partial charge in [-0.3, -0.25) is 9.36 Å². The van der Waals surface area contributed by atoms with Crippen molar-refractivity contribution in [1.29, 1.82) is 0 Å². The van der Waals surface area contributed by atoms with Gasteiger partial charge in [0, 0.05) is 4.47 Å². The van der Waals surface area contributed by atoms with Crippen molar-refractivity contribution in [3.63, 3.8) is 0 Å². The molecule has 0 radical (unpaired) electrons. The predicted molar refractivity (Wildman–Crippen MR) is 109 cm³/mol. The van der Waals surface area contributed by atoms with Gasteiger partial charge in [-0.25, -0.2) is 14.1 Å². The van der Waals surface area contributed by atoms with Crippen molar-refractivity contribution >= 4 is 27.0 Å². The molecule has 2 aromatic heterocycles. The minimum absolute atomic E-state index is 0.0278. The van der Waals surface area contributed by atoms with Crippen molar-refractivity contribution in [2.75, 3.05) is 6.61 Å². The van der Waals surface area contributed by atoms with E-state index in [9.17, 15) is 14.3 Å². The fourth-order valence-electron chi connectivity index (χ4n) is 2.85. The lowest BCUT2D eigenvalue weighted by molar-refractivity contribution is 0.0915. The predicted octanol–water partition coefficient (Wildman–Crippen LogP) is 2.92. The molecule has 4 aromatic rings. The van der Waals surface area contributed by atoms with Crippen molar-refractivity contribution in [2.24, 2.45) is 0 Å². The van der Waals surface area contributed by atoms with Gasteiger partial charge >= 0.3 is 0 Å². The van der Waals surface area contributed by atoms with Crippen LogP contribution in [0.15, 0.2) is 70.3 Å². The van der Waals surface area contributed by atoms with Crippen molar-refractivity contribution in [2.45, 2.75) is 12.6 Å². The van der Waals surface area contributed by atoms with Gasteiger partial charge < -0.3 is 9.84 Å². The van der Waals surface area contributed by atoms with Gasteiger partial charge in [0.2, 0.25) is 0 Å². The Morgan fingerprint density at radius 2 is 1.86 bits per heavy atom. The maximum Gasteiger partial charge on any atom is 0.264 e. The Morgan fingerprint density at radius 3 is 2.59 bits per heavy atom. The van der Waals surface area contributed by atoms with E-state index in [1.807, 2.05) is 12.1 Å². The second kappa shape index (κ2) is 8.14. The molecule has 0 aliphatic rings. The Balaban J connectivity index is 1.51. The number of hydrogen-bond acceptors (Lipinski definition) is 5. The van der Waals surface area contributed by atoms with Crippen LogP contribution in [0.5, 0.6) is 5.75 Å². The molecule has 0 saturated carbocycles. The molecule has 0 aliphatic heterocycles. The molecule has 4 rings (SSSR count). The maximum absolute atomic E-state index is 13.1. The number of aromatic nitrogens is 4. The van der Waals surface area contributed by atoms with Gasteiger partial charge in [-0.2, -0.15) is 5.10 Å². The molecule has 2 heterocycles. The van der Waals surface area contributed by atoms with E-state index < -0.39 is 6.10 Å². The third-order valence-corrected chi connectivity index (χ3v) is 4.82. The average molecular weight is 459 g/mol. The number of ether oxygens (including phenoxy) is 1. The van der Waals surface area contributed by atoms with Crippen molar-refractivity contribution in [1.82, 2.24) is 19.3 Å². The van der Waals surface area contributed by atoms with Crippen LogP contribution >= 0.6 is 15.9 Å². The van der Waals surface area contributed by atoms with Gasteiger partial charge in [-0.1, -0.05) is 15.9 Å². The lowest BCUT2D eigenvalue weighted by Crippen LogP contribution is -2.30. The SMILES string of the molecule is O=c1c2cnn(-c3ccc(F)cc3)c2ncn1CC(O)COc1ccc(Br)cc1. The largest absolute Gasteiger partial charge is 0.491 e. The van der Waals surface area contributed by atoms with E-state index in [1.165, 1.54) is 33.9 Å². The van der Waals surface area contributed by atoms with E-state index in [-0.39, 0.29) is 24.5 Å². The fourth-order valence-corrected chi connectivity index (χ4v) is 3.12. The van der Waals surface area contributed by atoms with Crippen molar-refractivity contribution in [3.8, 4) is 11.4 Å². The standard InChI is InChI=1S/C20H16BrFN4O3/c21-13-1-7-17(8-2-13)29-11-16(27)10-25-12-23-19-18(20(25)28)9-24-26(19)15-5-3-14(22)4-6-15/h1-9,12,16,27H,10-11H2. The number of aliphatic hydroxyl groups excluding tert-OH is 1. The highest BCUT2D eigenvalue weighted by molar-refractivity contribution is 9.10. The minimum Gasteiger partial charge on any atom is -0.491 e. The molecule has 0 saturated heterocycles. The van der Waals surface area contributed by atoms with E-state index in [4.69, 9.17) is 4.74 Å². The van der Waals surface area contributed by atoms with E-state index in [0.29, 0.717) is 22.5 Å². The first-order valence-corrected chi connectivity index (χ1v) is 9.56. The van der Waals surface area contributed by atoms with Gasteiger partial charge in [0.25, 0.3) is 5.56 Å². The Bertz CT molecular complexity index is 1190. The zero-order valence-corrected chi connectivity index (χ0v) is 16.7. The van der Waals surface area contributed by atoms with Gasteiger partial charge in [-0.15, -0.1) is 0 Å². The van der Waals surface area contributed by atoms with Crippen molar-refractivity contribution in [3.05, 3.63) is 81.7 Å². The molecule has 148 valence electrons. The summed E-state index contributed by atoms with van der Waals surface area (Å²) in [5, 5.41) is 14.7. The Kier molecular flexibility index (Phi) is 5.41. The zero-order chi connectivity index (χ0) is 20.4. The lowest BCUT2D eigenvalue weighted by Gasteiger charge is -2.14. The molecule has 0 amide bonds. The zero-order valence-electron chi connectivity index (χ0n) is 15.1. The highest BCUT2D eigenvalue weighted by Gasteiger charge is 2.14. The van der Waals surface area contributed by atoms with Crippen LogP contribution in [0.2, 0.25) is 0 Å². The number of halogens is 2. The molecule has 0 bridgehead atoms. The number of aliphatic hydroxyl groups is 1. The minimum atomic E-state index is -0.900. The van der Waals surface area contributed by atoms with Crippen LogP contribution in [0.4, 0.5) is 4.39 Å². The smallest absolute Gasteiger partial charge is 0.264 e. The fraction of sp³-hybridized carbons (Fsp3) is 0.150. The normalized spacial score (nSPS) is 12.2. The van der Waals surface area contributed by atoms with Crippen molar-refractivity contribution < 1.29 is 14.2 Å². The first-order chi connectivity index (χ1) is 14.0. The third-order valence-electron chi connectivity index (χ3n) is 4.29. The molecule has 2 aromatic carbocycles. The lowest BCUT2D eigenvalue weighted by atomic mass is 10.3. The van der Waals surface area contributed by atoms with Crippen LogP contribution in [0.3, 0.4) is 0 Å². The van der Waals surface area contributed by atoms with E-state index in [2.05, 4.69) is 26.0 Å². The van der Waals surface area contributed by atoms with Crippen LogP contribution in [0, 0.1) is 5.82 Å². The van der Waals surface area contributed by atoms with Crippen LogP contribution in [-0.2, 0) is 6.54 Å². The van der Waals surface area contributed by atoms with Gasteiger partial charge in [0.1, 0.15) is 36.0 Å². The highest BCUT2D eigenvalue weighted by Crippen LogP contribution is 2.17. The summed E-state index contributed by atoms with van der Waals surface area (Å²) in [6, 6.07) is 13.0. The summed E-state index contributed by atoms with van der Waals surface area (Å²) in [6.45, 7) is 0.0565. The summed E-state index contributed by atoms with van der Waals surface area (Å²) in [4.78, 5) is 17.0. The maximum atomic E-state index is 13.1. The summed E-state index contributed by atoms with van der Waals surface area (Å²) < 4.78 is 22.4. The Hall–Kier alpha value is -3.04. The number of fused-ring (bicyclic) bond motifs is 1. The van der Waals surface area contributed by atoms with Gasteiger partial charge in [0.05, 0.1) is 18.4 Å². The summed E-state index contributed by atoms with van der Waals surface area (Å²) >= 11 is 3.34. The van der Waals surface area contributed by atoms with Crippen LogP contribution in [0.25, 0.3) is 16.7 Å².